The molecule has 0 saturated carbocycles. The Bertz CT molecular complexity index is 325. The summed E-state index contributed by atoms with van der Waals surface area (Å²) < 4.78 is 0. The predicted molar refractivity (Wildman–Crippen MR) is 82.9 cm³/mol. The summed E-state index contributed by atoms with van der Waals surface area (Å²) in [7, 11) is 0. The molecular weight excluding hydrogens is 274 g/mol. The molecule has 0 aromatic rings. The Balaban J connectivity index is 2.15. The van der Waals surface area contributed by atoms with Gasteiger partial charge in [-0.3, -0.25) is 9.59 Å². The van der Waals surface area contributed by atoms with Gasteiger partial charge in [-0.2, -0.15) is 11.8 Å². The Morgan fingerprint density at radius 2 is 1.90 bits per heavy atom. The number of carbonyl (C=O) groups is 2. The Morgan fingerprint density at radius 3 is 2.50 bits per heavy atom. The minimum Gasteiger partial charge on any atom is -0.481 e. The van der Waals surface area contributed by atoms with Crippen LogP contribution in [0.5, 0.6) is 0 Å². The highest BCUT2D eigenvalue weighted by Gasteiger charge is 2.20. The lowest BCUT2D eigenvalue weighted by atomic mass is 9.84. The van der Waals surface area contributed by atoms with Gasteiger partial charge in [-0.1, -0.05) is 13.8 Å². The van der Waals surface area contributed by atoms with Gasteiger partial charge in [-0.25, -0.2) is 0 Å². The molecule has 0 bridgehead atoms. The predicted octanol–water partition coefficient (Wildman–Crippen LogP) is 2.92. The van der Waals surface area contributed by atoms with Gasteiger partial charge in [0.25, 0.3) is 0 Å². The number of thioether (sulfide) groups is 1. The van der Waals surface area contributed by atoms with Crippen molar-refractivity contribution in [1.29, 1.82) is 0 Å². The van der Waals surface area contributed by atoms with Gasteiger partial charge in [-0.05, 0) is 48.5 Å². The van der Waals surface area contributed by atoms with Crippen LogP contribution in [0.2, 0.25) is 0 Å². The van der Waals surface area contributed by atoms with Gasteiger partial charge >= 0.3 is 5.97 Å². The average Bonchev–Trinajstić information content (AvgIpc) is 2.37. The van der Waals surface area contributed by atoms with Crippen LogP contribution in [0.15, 0.2) is 0 Å². The molecule has 0 aliphatic carbocycles. The van der Waals surface area contributed by atoms with E-state index in [4.69, 9.17) is 5.11 Å². The third-order valence-electron chi connectivity index (χ3n) is 3.95. The highest BCUT2D eigenvalue weighted by molar-refractivity contribution is 7.99. The molecule has 1 saturated heterocycles. The van der Waals surface area contributed by atoms with E-state index >= 15 is 0 Å². The van der Waals surface area contributed by atoms with Gasteiger partial charge < -0.3 is 10.4 Å². The van der Waals surface area contributed by atoms with Gasteiger partial charge in [0.15, 0.2) is 0 Å². The average molecular weight is 301 g/mol. The Hall–Kier alpha value is -0.710. The summed E-state index contributed by atoms with van der Waals surface area (Å²) in [6, 6.07) is 0. The Morgan fingerprint density at radius 1 is 1.25 bits per heavy atom. The van der Waals surface area contributed by atoms with Crippen molar-refractivity contribution in [3.05, 3.63) is 0 Å². The van der Waals surface area contributed by atoms with Crippen LogP contribution in [0.4, 0.5) is 0 Å². The van der Waals surface area contributed by atoms with E-state index in [-0.39, 0.29) is 17.7 Å². The molecule has 4 nitrogen and oxygen atoms in total. The number of amides is 1. The van der Waals surface area contributed by atoms with Crippen molar-refractivity contribution in [1.82, 2.24) is 5.32 Å². The molecule has 1 fully saturated rings. The number of hydrogen-bond acceptors (Lipinski definition) is 3. The first-order valence-corrected chi connectivity index (χ1v) is 8.61. The first kappa shape index (κ1) is 17.3. The van der Waals surface area contributed by atoms with Crippen LogP contribution in [0.3, 0.4) is 0 Å². The molecule has 0 spiro atoms. The molecular formula is C15H27NO3S. The SMILES string of the molecule is CC(C)(CCNC(=O)CC1CCSCC1)CCC(=O)O. The van der Waals surface area contributed by atoms with Crippen LogP contribution < -0.4 is 5.32 Å². The molecule has 116 valence electrons. The monoisotopic (exact) mass is 301 g/mol. The van der Waals surface area contributed by atoms with Gasteiger partial charge in [0.05, 0.1) is 0 Å². The van der Waals surface area contributed by atoms with E-state index in [9.17, 15) is 9.59 Å². The van der Waals surface area contributed by atoms with Crippen molar-refractivity contribution in [2.45, 2.75) is 52.4 Å². The standard InChI is InChI=1S/C15H27NO3S/c1-15(2,6-3-14(18)19)7-8-16-13(17)11-12-4-9-20-10-5-12/h12H,3-11H2,1-2H3,(H,16,17)(H,18,19). The van der Waals surface area contributed by atoms with Gasteiger partial charge in [-0.15, -0.1) is 0 Å². The maximum absolute atomic E-state index is 11.9. The second-order valence-corrected chi connectivity index (χ2v) is 7.64. The molecule has 0 aromatic heterocycles. The van der Waals surface area contributed by atoms with Crippen LogP contribution in [-0.2, 0) is 9.59 Å². The molecule has 0 atom stereocenters. The highest BCUT2D eigenvalue weighted by atomic mass is 32.2. The first-order chi connectivity index (χ1) is 9.39. The number of carbonyl (C=O) groups excluding carboxylic acids is 1. The zero-order chi connectivity index (χ0) is 15.0. The number of nitrogens with one attached hydrogen (secondary N) is 1. The fourth-order valence-electron chi connectivity index (χ4n) is 2.40. The molecule has 1 amide bonds. The van der Waals surface area contributed by atoms with E-state index in [0.717, 1.165) is 19.3 Å². The largest absolute Gasteiger partial charge is 0.481 e. The summed E-state index contributed by atoms with van der Waals surface area (Å²) in [5.41, 5.74) is -0.0346. The number of hydrogen-bond donors (Lipinski definition) is 2. The van der Waals surface area contributed by atoms with Gasteiger partial charge in [0.2, 0.25) is 5.91 Å². The summed E-state index contributed by atoms with van der Waals surface area (Å²) in [4.78, 5) is 22.4. The third-order valence-corrected chi connectivity index (χ3v) is 5.00. The fourth-order valence-corrected chi connectivity index (χ4v) is 3.60. The van der Waals surface area contributed by atoms with Crippen LogP contribution in [0.1, 0.15) is 52.4 Å². The topological polar surface area (TPSA) is 66.4 Å². The summed E-state index contributed by atoms with van der Waals surface area (Å²) in [5, 5.41) is 11.7. The van der Waals surface area contributed by atoms with E-state index in [1.54, 1.807) is 0 Å². The zero-order valence-corrected chi connectivity index (χ0v) is 13.4. The number of aliphatic carboxylic acids is 1. The lowest BCUT2D eigenvalue weighted by Gasteiger charge is -2.24. The minimum absolute atomic E-state index is 0.0346. The van der Waals surface area contributed by atoms with Gasteiger partial charge in [0, 0.05) is 19.4 Å². The van der Waals surface area contributed by atoms with Crippen LogP contribution >= 0.6 is 11.8 Å². The second kappa shape index (κ2) is 8.55. The summed E-state index contributed by atoms with van der Waals surface area (Å²) in [6.07, 6.45) is 4.63. The number of carboxylic acid groups (broad SMARTS) is 1. The Labute approximate surface area is 126 Å². The lowest BCUT2D eigenvalue weighted by molar-refractivity contribution is -0.137. The summed E-state index contributed by atoms with van der Waals surface area (Å²) in [5.74, 6) is 2.31. The number of rotatable bonds is 8. The Kier molecular flexibility index (Phi) is 7.41. The minimum atomic E-state index is -0.753. The summed E-state index contributed by atoms with van der Waals surface area (Å²) >= 11 is 1.98. The van der Waals surface area contributed by atoms with Crippen LogP contribution in [0.25, 0.3) is 0 Å². The maximum atomic E-state index is 11.9. The molecule has 0 radical (unpaired) electrons. The smallest absolute Gasteiger partial charge is 0.303 e. The van der Waals surface area contributed by atoms with Crippen LogP contribution in [0, 0.1) is 11.3 Å². The third kappa shape index (κ3) is 7.78. The van der Waals surface area contributed by atoms with E-state index in [1.165, 1.54) is 11.5 Å². The quantitative estimate of drug-likeness (QED) is 0.723. The molecule has 2 N–H and O–H groups in total. The molecule has 5 heteroatoms. The maximum Gasteiger partial charge on any atom is 0.303 e. The van der Waals surface area contributed by atoms with Crippen molar-refractivity contribution in [3.63, 3.8) is 0 Å². The molecule has 1 aliphatic heterocycles. The van der Waals surface area contributed by atoms with E-state index in [2.05, 4.69) is 19.2 Å². The van der Waals surface area contributed by atoms with Crippen molar-refractivity contribution < 1.29 is 14.7 Å². The zero-order valence-electron chi connectivity index (χ0n) is 12.6. The lowest BCUT2D eigenvalue weighted by Crippen LogP contribution is -2.30. The number of carboxylic acids is 1. The molecule has 1 heterocycles. The molecule has 1 rings (SSSR count). The molecule has 0 aromatic carbocycles. The van der Waals surface area contributed by atoms with Crippen molar-refractivity contribution in [2.75, 3.05) is 18.1 Å². The van der Waals surface area contributed by atoms with E-state index in [1.807, 2.05) is 11.8 Å². The van der Waals surface area contributed by atoms with E-state index < -0.39 is 5.97 Å². The molecule has 1 aliphatic rings. The van der Waals surface area contributed by atoms with Crippen molar-refractivity contribution >= 4 is 23.6 Å². The van der Waals surface area contributed by atoms with Crippen LogP contribution in [-0.4, -0.2) is 35.0 Å². The molecule has 0 unspecified atom stereocenters. The van der Waals surface area contributed by atoms with Gasteiger partial charge in [0.1, 0.15) is 0 Å². The highest BCUT2D eigenvalue weighted by Crippen LogP contribution is 2.27. The van der Waals surface area contributed by atoms with E-state index in [0.29, 0.717) is 25.3 Å². The second-order valence-electron chi connectivity index (χ2n) is 6.42. The fraction of sp³-hybridized carbons (Fsp3) is 0.867. The first-order valence-electron chi connectivity index (χ1n) is 7.45. The molecule has 20 heavy (non-hydrogen) atoms. The van der Waals surface area contributed by atoms with Crippen molar-refractivity contribution in [2.24, 2.45) is 11.3 Å². The normalized spacial score (nSPS) is 16.9. The summed E-state index contributed by atoms with van der Waals surface area (Å²) in [6.45, 7) is 4.76. The van der Waals surface area contributed by atoms with Crippen molar-refractivity contribution in [3.8, 4) is 0 Å².